The fraction of sp³-hybridized carbons (Fsp3) is 0.822. The smallest absolute Gasteiger partial charge is 0.462 e. The second-order valence-electron chi connectivity index (χ2n) is 15.2. The summed E-state index contributed by atoms with van der Waals surface area (Å²) in [6.45, 7) is 4.21. The number of hydrogen-bond acceptors (Lipinski definition) is 8. The summed E-state index contributed by atoms with van der Waals surface area (Å²) in [5.74, 6) is -0.817. The standard InChI is InChI=1S/C45H84NO8P/c1-5-7-9-11-13-15-17-19-21-22-24-25-27-29-31-33-35-37-44(47)51-41-43(42-53-55(49,50)52-40-39-46(3)4)54-45(48)38-36-34-32-30-28-26-23-20-18-16-14-12-10-8-6-2/h8,10,14,16,20,23,43H,5-7,9,11-13,15,17-19,21-22,24-42H2,1-4H3,(H,49,50)/b10-8-,16-14-,23-20-. The van der Waals surface area contributed by atoms with E-state index in [1.54, 1.807) is 0 Å². The zero-order valence-electron chi connectivity index (χ0n) is 35.9. The Kier molecular flexibility index (Phi) is 39.1. The minimum atomic E-state index is -4.36. The number of unbranched alkanes of at least 4 members (excludes halogenated alkanes) is 21. The highest BCUT2D eigenvalue weighted by Crippen LogP contribution is 2.43. The Labute approximate surface area is 338 Å². The summed E-state index contributed by atoms with van der Waals surface area (Å²) in [6.07, 6.45) is 43.3. The van der Waals surface area contributed by atoms with Gasteiger partial charge in [-0.1, -0.05) is 172 Å². The molecule has 0 radical (unpaired) electrons. The first-order valence-corrected chi connectivity index (χ1v) is 23.8. The molecular formula is C45H84NO8P. The number of carbonyl (C=O) groups excluding carboxylic acids is 2. The van der Waals surface area contributed by atoms with Crippen molar-refractivity contribution in [3.63, 3.8) is 0 Å². The molecule has 0 rings (SSSR count). The molecule has 0 saturated carbocycles. The first kappa shape index (κ1) is 53.2. The number of carbonyl (C=O) groups is 2. The van der Waals surface area contributed by atoms with Gasteiger partial charge in [-0.15, -0.1) is 0 Å². The molecular weight excluding hydrogens is 713 g/mol. The van der Waals surface area contributed by atoms with Gasteiger partial charge >= 0.3 is 19.8 Å². The van der Waals surface area contributed by atoms with Crippen molar-refractivity contribution in [1.29, 1.82) is 0 Å². The lowest BCUT2D eigenvalue weighted by atomic mass is 10.0. The fourth-order valence-electron chi connectivity index (χ4n) is 6.06. The van der Waals surface area contributed by atoms with E-state index in [4.69, 9.17) is 18.5 Å². The van der Waals surface area contributed by atoms with E-state index in [9.17, 15) is 19.0 Å². The van der Waals surface area contributed by atoms with Gasteiger partial charge in [-0.3, -0.25) is 18.6 Å². The lowest BCUT2D eigenvalue weighted by molar-refractivity contribution is -0.161. The number of phosphoric ester groups is 1. The van der Waals surface area contributed by atoms with Gasteiger partial charge in [0.05, 0.1) is 13.2 Å². The Morgan fingerprint density at radius 1 is 0.582 bits per heavy atom. The maximum atomic E-state index is 12.6. The summed E-state index contributed by atoms with van der Waals surface area (Å²) < 4.78 is 33.5. The Balaban J connectivity index is 4.27. The van der Waals surface area contributed by atoms with Crippen LogP contribution in [0.25, 0.3) is 0 Å². The SMILES string of the molecule is CC/C=C\C/C=C\C/C=C\CCCCCCCC(=O)OC(COC(=O)CCCCCCCCCCCCCCCCCCC)COP(=O)(O)OCCN(C)C. The molecule has 0 aromatic heterocycles. The lowest BCUT2D eigenvalue weighted by Crippen LogP contribution is -2.29. The van der Waals surface area contributed by atoms with E-state index in [0.717, 1.165) is 70.6 Å². The largest absolute Gasteiger partial charge is 0.472 e. The molecule has 0 saturated heterocycles. The molecule has 0 spiro atoms. The van der Waals surface area contributed by atoms with Crippen LogP contribution < -0.4 is 0 Å². The Morgan fingerprint density at radius 2 is 1.04 bits per heavy atom. The van der Waals surface area contributed by atoms with E-state index in [1.165, 1.54) is 89.9 Å². The van der Waals surface area contributed by atoms with Crippen molar-refractivity contribution in [2.45, 2.75) is 200 Å². The maximum absolute atomic E-state index is 12.6. The van der Waals surface area contributed by atoms with Crippen molar-refractivity contribution in [3.8, 4) is 0 Å². The van der Waals surface area contributed by atoms with Crippen molar-refractivity contribution in [1.82, 2.24) is 4.90 Å². The third-order valence-electron chi connectivity index (χ3n) is 9.46. The monoisotopic (exact) mass is 798 g/mol. The molecule has 0 heterocycles. The molecule has 0 amide bonds. The zero-order chi connectivity index (χ0) is 40.5. The summed E-state index contributed by atoms with van der Waals surface area (Å²) in [7, 11) is -0.719. The Morgan fingerprint density at radius 3 is 1.55 bits per heavy atom. The first-order valence-electron chi connectivity index (χ1n) is 22.3. The molecule has 0 aliphatic rings. The van der Waals surface area contributed by atoms with E-state index in [1.807, 2.05) is 19.0 Å². The molecule has 9 nitrogen and oxygen atoms in total. The normalized spacial score (nSPS) is 13.7. The van der Waals surface area contributed by atoms with E-state index in [-0.39, 0.29) is 32.0 Å². The number of hydrogen-bond donors (Lipinski definition) is 1. The molecule has 2 atom stereocenters. The van der Waals surface area contributed by atoms with Crippen LogP contribution in [0.5, 0.6) is 0 Å². The van der Waals surface area contributed by atoms with Gasteiger partial charge in [-0.25, -0.2) is 4.57 Å². The highest BCUT2D eigenvalue weighted by atomic mass is 31.2. The summed E-state index contributed by atoms with van der Waals surface area (Å²) in [5, 5.41) is 0. The predicted molar refractivity (Wildman–Crippen MR) is 229 cm³/mol. The van der Waals surface area contributed by atoms with Crippen molar-refractivity contribution in [2.75, 3.05) is 40.5 Å². The summed E-state index contributed by atoms with van der Waals surface area (Å²) in [4.78, 5) is 37.0. The number of phosphoric acid groups is 1. The second kappa shape index (κ2) is 40.4. The van der Waals surface area contributed by atoms with Crippen LogP contribution >= 0.6 is 7.82 Å². The van der Waals surface area contributed by atoms with Crippen LogP contribution in [0.2, 0.25) is 0 Å². The Bertz CT molecular complexity index is 1010. The molecule has 0 fully saturated rings. The molecule has 0 aliphatic heterocycles. The van der Waals surface area contributed by atoms with Gasteiger partial charge < -0.3 is 19.3 Å². The number of nitrogens with zero attached hydrogens (tertiary/aromatic N) is 1. The Hall–Kier alpha value is -1.77. The molecule has 1 N–H and O–H groups in total. The van der Waals surface area contributed by atoms with Gasteiger partial charge in [0.25, 0.3) is 0 Å². The van der Waals surface area contributed by atoms with Crippen LogP contribution in [0.3, 0.4) is 0 Å². The average molecular weight is 798 g/mol. The minimum Gasteiger partial charge on any atom is -0.462 e. The zero-order valence-corrected chi connectivity index (χ0v) is 36.8. The molecule has 0 aromatic carbocycles. The second-order valence-corrected chi connectivity index (χ2v) is 16.7. The van der Waals surface area contributed by atoms with Crippen LogP contribution in [0, 0.1) is 0 Å². The topological polar surface area (TPSA) is 112 Å². The molecule has 55 heavy (non-hydrogen) atoms. The number of rotatable bonds is 41. The predicted octanol–water partition coefficient (Wildman–Crippen LogP) is 12.8. The van der Waals surface area contributed by atoms with E-state index in [0.29, 0.717) is 13.0 Å². The van der Waals surface area contributed by atoms with Gasteiger partial charge in [-0.2, -0.15) is 0 Å². The molecule has 0 bridgehead atoms. The minimum absolute atomic E-state index is 0.00437. The van der Waals surface area contributed by atoms with Gasteiger partial charge in [0.2, 0.25) is 0 Å². The highest BCUT2D eigenvalue weighted by Gasteiger charge is 2.26. The van der Waals surface area contributed by atoms with Crippen LogP contribution in [0.1, 0.15) is 194 Å². The van der Waals surface area contributed by atoms with Crippen molar-refractivity contribution >= 4 is 19.8 Å². The van der Waals surface area contributed by atoms with Gasteiger partial charge in [0.1, 0.15) is 6.61 Å². The van der Waals surface area contributed by atoms with E-state index in [2.05, 4.69) is 50.3 Å². The number of likely N-dealkylation sites (N-methyl/N-ethyl adjacent to an activating group) is 1. The highest BCUT2D eigenvalue weighted by molar-refractivity contribution is 7.47. The number of esters is 2. The molecule has 0 aliphatic carbocycles. The maximum Gasteiger partial charge on any atom is 0.472 e. The third kappa shape index (κ3) is 41.7. The van der Waals surface area contributed by atoms with Crippen molar-refractivity contribution in [3.05, 3.63) is 36.5 Å². The third-order valence-corrected chi connectivity index (χ3v) is 10.4. The van der Waals surface area contributed by atoms with Crippen LogP contribution in [-0.2, 0) is 32.7 Å². The fourth-order valence-corrected chi connectivity index (χ4v) is 6.80. The number of ether oxygens (including phenoxy) is 2. The van der Waals surface area contributed by atoms with Crippen LogP contribution in [0.4, 0.5) is 0 Å². The average Bonchev–Trinajstić information content (AvgIpc) is 3.15. The summed E-state index contributed by atoms with van der Waals surface area (Å²) in [5.41, 5.74) is 0. The van der Waals surface area contributed by atoms with Crippen LogP contribution in [0.15, 0.2) is 36.5 Å². The summed E-state index contributed by atoms with van der Waals surface area (Å²) in [6, 6.07) is 0. The van der Waals surface area contributed by atoms with Gasteiger partial charge in [0, 0.05) is 19.4 Å². The van der Waals surface area contributed by atoms with E-state index >= 15 is 0 Å². The van der Waals surface area contributed by atoms with Gasteiger partial charge in [0.15, 0.2) is 6.10 Å². The molecule has 2 unspecified atom stereocenters. The quantitative estimate of drug-likeness (QED) is 0.0280. The van der Waals surface area contributed by atoms with Crippen LogP contribution in [-0.4, -0.2) is 68.3 Å². The molecule has 322 valence electrons. The van der Waals surface area contributed by atoms with Gasteiger partial charge in [-0.05, 0) is 59.0 Å². The number of allylic oxidation sites excluding steroid dienone is 6. The molecule has 0 aromatic rings. The van der Waals surface area contributed by atoms with Crippen molar-refractivity contribution < 1.29 is 37.6 Å². The molecule has 10 heteroatoms. The van der Waals surface area contributed by atoms with Crippen molar-refractivity contribution in [2.24, 2.45) is 0 Å². The lowest BCUT2D eigenvalue weighted by Gasteiger charge is -2.20. The van der Waals surface area contributed by atoms with E-state index < -0.39 is 26.5 Å². The first-order chi connectivity index (χ1) is 26.7. The summed E-state index contributed by atoms with van der Waals surface area (Å²) >= 11 is 0.